The lowest BCUT2D eigenvalue weighted by Gasteiger charge is -2.12. The van der Waals surface area contributed by atoms with E-state index in [9.17, 15) is 14.9 Å². The third kappa shape index (κ3) is 3.29. The lowest BCUT2D eigenvalue weighted by Crippen LogP contribution is -2.12. The van der Waals surface area contributed by atoms with E-state index in [1.807, 2.05) is 6.92 Å². The number of hydrogen-bond acceptors (Lipinski definition) is 7. The highest BCUT2D eigenvalue weighted by atomic mass is 32.1. The first-order chi connectivity index (χ1) is 12.4. The Labute approximate surface area is 152 Å². The maximum absolute atomic E-state index is 12.5. The smallest absolute Gasteiger partial charge is 0.270 e. The average molecular weight is 373 g/mol. The van der Waals surface area contributed by atoms with Crippen LogP contribution in [-0.4, -0.2) is 30.0 Å². The van der Waals surface area contributed by atoms with Crippen molar-refractivity contribution in [1.29, 1.82) is 0 Å². The van der Waals surface area contributed by atoms with Crippen LogP contribution in [0, 0.1) is 17.0 Å². The predicted octanol–water partition coefficient (Wildman–Crippen LogP) is 3.78. The van der Waals surface area contributed by atoms with Crippen LogP contribution in [0.5, 0.6) is 11.5 Å². The molecule has 8 nitrogen and oxygen atoms in total. The maximum Gasteiger partial charge on any atom is 0.270 e. The molecule has 1 aromatic heterocycles. The van der Waals surface area contributed by atoms with Crippen molar-refractivity contribution < 1.29 is 19.2 Å². The summed E-state index contributed by atoms with van der Waals surface area (Å²) < 4.78 is 11.2. The second kappa shape index (κ2) is 6.96. The second-order valence-corrected chi connectivity index (χ2v) is 6.42. The van der Waals surface area contributed by atoms with Gasteiger partial charge >= 0.3 is 0 Å². The number of hydrogen-bond donors (Lipinski definition) is 1. The van der Waals surface area contributed by atoms with Crippen LogP contribution in [0.15, 0.2) is 30.3 Å². The molecule has 0 radical (unpaired) electrons. The third-order valence-electron chi connectivity index (χ3n) is 3.82. The number of benzene rings is 2. The minimum atomic E-state index is -0.470. The Kier molecular flexibility index (Phi) is 4.72. The molecule has 0 unspecified atom stereocenters. The van der Waals surface area contributed by atoms with E-state index in [1.165, 1.54) is 26.4 Å². The van der Waals surface area contributed by atoms with E-state index in [-0.39, 0.29) is 11.6 Å². The van der Waals surface area contributed by atoms with Gasteiger partial charge in [-0.15, -0.1) is 0 Å². The Morgan fingerprint density at radius 1 is 1.19 bits per heavy atom. The third-order valence-corrected chi connectivity index (χ3v) is 4.75. The summed E-state index contributed by atoms with van der Waals surface area (Å²) in [6.45, 7) is 1.83. The number of amides is 1. The second-order valence-electron chi connectivity index (χ2n) is 5.39. The summed E-state index contributed by atoms with van der Waals surface area (Å²) in [6, 6.07) is 7.60. The number of nitro groups is 1. The van der Waals surface area contributed by atoms with Crippen LogP contribution in [-0.2, 0) is 0 Å². The summed E-state index contributed by atoms with van der Waals surface area (Å²) in [6.07, 6.45) is 0. The number of thiazole rings is 1. The first-order valence-corrected chi connectivity index (χ1v) is 8.33. The fraction of sp³-hybridized carbons (Fsp3) is 0.176. The minimum Gasteiger partial charge on any atom is -0.496 e. The standard InChI is InChI=1S/C17H15N3O5S/c1-9-13(24-2)6-10(7-14(9)25-3)16(21)19-17-18-12-5-4-11(20(22)23)8-15(12)26-17/h4-8H,1-3H3,(H,18,19,21). The Bertz CT molecular complexity index is 990. The molecular weight excluding hydrogens is 358 g/mol. The van der Waals surface area contributed by atoms with Gasteiger partial charge in [0.2, 0.25) is 0 Å². The molecule has 0 fully saturated rings. The van der Waals surface area contributed by atoms with Crippen molar-refractivity contribution in [3.8, 4) is 11.5 Å². The normalized spacial score (nSPS) is 10.6. The van der Waals surface area contributed by atoms with E-state index in [4.69, 9.17) is 9.47 Å². The number of fused-ring (bicyclic) bond motifs is 1. The molecule has 2 aromatic carbocycles. The van der Waals surface area contributed by atoms with Crippen LogP contribution in [0.2, 0.25) is 0 Å². The SMILES string of the molecule is COc1cc(C(=O)Nc2nc3ccc([N+](=O)[O-])cc3s2)cc(OC)c1C. The van der Waals surface area contributed by atoms with Crippen molar-refractivity contribution in [2.75, 3.05) is 19.5 Å². The average Bonchev–Trinajstić information content (AvgIpc) is 3.02. The summed E-state index contributed by atoms with van der Waals surface area (Å²) in [7, 11) is 3.04. The van der Waals surface area contributed by atoms with E-state index in [0.717, 1.165) is 16.9 Å². The zero-order valence-corrected chi connectivity index (χ0v) is 15.0. The first kappa shape index (κ1) is 17.6. The topological polar surface area (TPSA) is 104 Å². The number of carbonyl (C=O) groups excluding carboxylic acids is 1. The summed E-state index contributed by atoms with van der Waals surface area (Å²) in [5, 5.41) is 13.9. The molecule has 0 saturated heterocycles. The quantitative estimate of drug-likeness (QED) is 0.539. The molecule has 0 bridgehead atoms. The molecule has 134 valence electrons. The number of methoxy groups -OCH3 is 2. The minimum absolute atomic E-state index is 0.0213. The molecule has 0 atom stereocenters. The fourth-order valence-corrected chi connectivity index (χ4v) is 3.36. The number of nitro benzene ring substituents is 1. The summed E-state index contributed by atoms with van der Waals surface area (Å²) in [4.78, 5) is 27.2. The van der Waals surface area contributed by atoms with Gasteiger partial charge in [-0.3, -0.25) is 20.2 Å². The van der Waals surface area contributed by atoms with Gasteiger partial charge in [0.05, 0.1) is 29.4 Å². The maximum atomic E-state index is 12.5. The van der Waals surface area contributed by atoms with E-state index in [2.05, 4.69) is 10.3 Å². The monoisotopic (exact) mass is 373 g/mol. The van der Waals surface area contributed by atoms with Crippen LogP contribution in [0.25, 0.3) is 10.2 Å². The zero-order chi connectivity index (χ0) is 18.8. The van der Waals surface area contributed by atoms with E-state index >= 15 is 0 Å². The molecule has 0 spiro atoms. The molecule has 1 amide bonds. The van der Waals surface area contributed by atoms with Gasteiger partial charge in [0, 0.05) is 23.3 Å². The van der Waals surface area contributed by atoms with Gasteiger partial charge in [-0.1, -0.05) is 11.3 Å². The van der Waals surface area contributed by atoms with Crippen molar-refractivity contribution in [2.45, 2.75) is 6.92 Å². The molecular formula is C17H15N3O5S. The van der Waals surface area contributed by atoms with Crippen LogP contribution < -0.4 is 14.8 Å². The van der Waals surface area contributed by atoms with Crippen LogP contribution in [0.4, 0.5) is 10.8 Å². The highest BCUT2D eigenvalue weighted by molar-refractivity contribution is 7.22. The van der Waals surface area contributed by atoms with Crippen LogP contribution in [0.1, 0.15) is 15.9 Å². The number of nitrogens with zero attached hydrogens (tertiary/aromatic N) is 2. The van der Waals surface area contributed by atoms with Gasteiger partial charge in [-0.25, -0.2) is 4.98 Å². The van der Waals surface area contributed by atoms with E-state index in [1.54, 1.807) is 18.2 Å². The number of anilines is 1. The van der Waals surface area contributed by atoms with Crippen molar-refractivity contribution in [1.82, 2.24) is 4.98 Å². The number of non-ortho nitro benzene ring substituents is 1. The number of carbonyl (C=O) groups is 1. The number of rotatable bonds is 5. The highest BCUT2D eigenvalue weighted by Crippen LogP contribution is 2.32. The summed E-state index contributed by atoms with van der Waals surface area (Å²) in [5.74, 6) is 0.694. The molecule has 0 aliphatic heterocycles. The molecule has 3 rings (SSSR count). The van der Waals surface area contributed by atoms with E-state index < -0.39 is 4.92 Å². The number of aromatic nitrogens is 1. The summed E-state index contributed by atoms with van der Waals surface area (Å²) in [5.41, 5.74) is 1.70. The Balaban J connectivity index is 1.90. The predicted molar refractivity (Wildman–Crippen MR) is 98.5 cm³/mol. The van der Waals surface area contributed by atoms with Crippen LogP contribution in [0.3, 0.4) is 0 Å². The van der Waals surface area contributed by atoms with Gasteiger partial charge in [-0.05, 0) is 25.1 Å². The highest BCUT2D eigenvalue weighted by Gasteiger charge is 2.16. The zero-order valence-electron chi connectivity index (χ0n) is 14.2. The fourth-order valence-electron chi connectivity index (χ4n) is 2.47. The van der Waals surface area contributed by atoms with E-state index in [0.29, 0.717) is 32.4 Å². The van der Waals surface area contributed by atoms with Crippen molar-refractivity contribution >= 4 is 38.3 Å². The Hall–Kier alpha value is -3.20. The molecule has 26 heavy (non-hydrogen) atoms. The number of ether oxygens (including phenoxy) is 2. The van der Waals surface area contributed by atoms with Crippen molar-refractivity contribution in [2.24, 2.45) is 0 Å². The first-order valence-electron chi connectivity index (χ1n) is 7.52. The van der Waals surface area contributed by atoms with Crippen molar-refractivity contribution in [3.63, 3.8) is 0 Å². The Morgan fingerprint density at radius 3 is 2.42 bits per heavy atom. The van der Waals surface area contributed by atoms with Crippen LogP contribution >= 0.6 is 11.3 Å². The number of nitrogens with one attached hydrogen (secondary N) is 1. The molecule has 9 heteroatoms. The van der Waals surface area contributed by atoms with Gasteiger partial charge in [0.25, 0.3) is 11.6 Å². The van der Waals surface area contributed by atoms with Gasteiger partial charge < -0.3 is 9.47 Å². The van der Waals surface area contributed by atoms with Gasteiger partial charge in [0.15, 0.2) is 5.13 Å². The molecule has 1 N–H and O–H groups in total. The molecule has 0 aliphatic carbocycles. The summed E-state index contributed by atoms with van der Waals surface area (Å²) >= 11 is 1.16. The lowest BCUT2D eigenvalue weighted by molar-refractivity contribution is -0.384. The molecule has 1 heterocycles. The van der Waals surface area contributed by atoms with Gasteiger partial charge in [0.1, 0.15) is 11.5 Å². The van der Waals surface area contributed by atoms with Gasteiger partial charge in [-0.2, -0.15) is 0 Å². The molecule has 0 aliphatic rings. The Morgan fingerprint density at radius 2 is 1.85 bits per heavy atom. The molecule has 0 saturated carbocycles. The van der Waals surface area contributed by atoms with Crippen molar-refractivity contribution in [3.05, 3.63) is 51.6 Å². The largest absolute Gasteiger partial charge is 0.496 e. The molecule has 3 aromatic rings. The lowest BCUT2D eigenvalue weighted by atomic mass is 10.1.